The highest BCUT2D eigenvalue weighted by Gasteiger charge is 2.17. The topological polar surface area (TPSA) is 50.8 Å². The molecule has 1 aliphatic heterocycles. The smallest absolute Gasteiger partial charge is 0.247 e. The number of carbonyl (C=O) groups is 1. The Morgan fingerprint density at radius 3 is 2.43 bits per heavy atom. The molecule has 0 aliphatic carbocycles. The van der Waals surface area contributed by atoms with E-state index in [2.05, 4.69) is 41.4 Å². The molecule has 1 heterocycles. The second kappa shape index (κ2) is 9.42. The molecular weight excluding hydrogens is 352 g/mol. The Bertz CT molecular complexity index is 838. The number of benzene rings is 2. The molecule has 2 aromatic rings. The minimum Gasteiger partial charge on any atom is -0.497 e. The number of hydrogen-bond acceptors (Lipinski definition) is 4. The van der Waals surface area contributed by atoms with Gasteiger partial charge in [0, 0.05) is 37.8 Å². The summed E-state index contributed by atoms with van der Waals surface area (Å²) in [5.41, 5.74) is 4.39. The summed E-state index contributed by atoms with van der Waals surface area (Å²) in [5.74, 6) is 1.43. The highest BCUT2D eigenvalue weighted by molar-refractivity contribution is 5.93. The third-order valence-corrected chi connectivity index (χ3v) is 4.94. The van der Waals surface area contributed by atoms with Crippen LogP contribution in [0.3, 0.4) is 0 Å². The predicted molar refractivity (Wildman–Crippen MR) is 111 cm³/mol. The minimum atomic E-state index is -0.00278. The van der Waals surface area contributed by atoms with Crippen LogP contribution in [-0.2, 0) is 17.9 Å². The molecular formula is C23H28N2O3. The number of rotatable bonds is 7. The van der Waals surface area contributed by atoms with Crippen molar-refractivity contribution in [3.63, 3.8) is 0 Å². The molecule has 1 aliphatic rings. The van der Waals surface area contributed by atoms with E-state index in [0.29, 0.717) is 18.0 Å². The fourth-order valence-corrected chi connectivity index (χ4v) is 3.39. The SMILES string of the molecule is COc1cc(CNC(=O)C2=CCN(Cc3cccc(C)c3)CC2)cc(OC)c1. The predicted octanol–water partition coefficient (Wildman–Crippen LogP) is 3.46. The van der Waals surface area contributed by atoms with Gasteiger partial charge in [0.2, 0.25) is 5.91 Å². The number of amides is 1. The van der Waals surface area contributed by atoms with Crippen LogP contribution in [0.25, 0.3) is 0 Å². The maximum atomic E-state index is 12.5. The van der Waals surface area contributed by atoms with Gasteiger partial charge in [-0.3, -0.25) is 9.69 Å². The maximum absolute atomic E-state index is 12.5. The van der Waals surface area contributed by atoms with Crippen LogP contribution in [0, 0.1) is 6.92 Å². The van der Waals surface area contributed by atoms with Crippen molar-refractivity contribution in [1.29, 1.82) is 0 Å². The Kier molecular flexibility index (Phi) is 6.71. The number of nitrogens with zero attached hydrogens (tertiary/aromatic N) is 1. The molecule has 0 radical (unpaired) electrons. The molecule has 1 N–H and O–H groups in total. The fourth-order valence-electron chi connectivity index (χ4n) is 3.39. The van der Waals surface area contributed by atoms with Crippen LogP contribution in [0.2, 0.25) is 0 Å². The Balaban J connectivity index is 1.53. The van der Waals surface area contributed by atoms with E-state index >= 15 is 0 Å². The van der Waals surface area contributed by atoms with E-state index in [1.165, 1.54) is 11.1 Å². The van der Waals surface area contributed by atoms with Crippen molar-refractivity contribution in [3.05, 3.63) is 70.8 Å². The Hall–Kier alpha value is -2.79. The summed E-state index contributed by atoms with van der Waals surface area (Å²) in [7, 11) is 3.24. The molecule has 2 aromatic carbocycles. The molecule has 0 atom stereocenters. The molecule has 3 rings (SSSR count). The number of carbonyl (C=O) groups excluding carboxylic acids is 1. The van der Waals surface area contributed by atoms with E-state index in [9.17, 15) is 4.79 Å². The lowest BCUT2D eigenvalue weighted by Gasteiger charge is -2.26. The van der Waals surface area contributed by atoms with Gasteiger partial charge in [-0.25, -0.2) is 0 Å². The molecule has 0 aromatic heterocycles. The highest BCUT2D eigenvalue weighted by Crippen LogP contribution is 2.22. The van der Waals surface area contributed by atoms with Gasteiger partial charge in [0.15, 0.2) is 0 Å². The van der Waals surface area contributed by atoms with E-state index in [-0.39, 0.29) is 5.91 Å². The second-order valence-corrected chi connectivity index (χ2v) is 7.11. The lowest BCUT2D eigenvalue weighted by molar-refractivity contribution is -0.117. The van der Waals surface area contributed by atoms with Crippen LogP contribution in [0.4, 0.5) is 0 Å². The van der Waals surface area contributed by atoms with Gasteiger partial charge in [-0.1, -0.05) is 35.9 Å². The van der Waals surface area contributed by atoms with Crippen LogP contribution >= 0.6 is 0 Å². The number of hydrogen-bond donors (Lipinski definition) is 1. The maximum Gasteiger partial charge on any atom is 0.247 e. The van der Waals surface area contributed by atoms with Gasteiger partial charge in [0.1, 0.15) is 11.5 Å². The highest BCUT2D eigenvalue weighted by atomic mass is 16.5. The van der Waals surface area contributed by atoms with Gasteiger partial charge < -0.3 is 14.8 Å². The average Bonchev–Trinajstić information content (AvgIpc) is 2.72. The molecule has 0 saturated heterocycles. The van der Waals surface area contributed by atoms with Crippen LogP contribution < -0.4 is 14.8 Å². The minimum absolute atomic E-state index is 0.00278. The summed E-state index contributed by atoms with van der Waals surface area (Å²) in [5, 5.41) is 3.01. The van der Waals surface area contributed by atoms with Gasteiger partial charge in [0.25, 0.3) is 0 Å². The van der Waals surface area contributed by atoms with E-state index in [1.807, 2.05) is 24.3 Å². The zero-order chi connectivity index (χ0) is 19.9. The van der Waals surface area contributed by atoms with Crippen LogP contribution in [0.1, 0.15) is 23.1 Å². The third kappa shape index (κ3) is 5.36. The van der Waals surface area contributed by atoms with Crippen molar-refractivity contribution in [2.45, 2.75) is 26.4 Å². The molecule has 1 amide bonds. The number of methoxy groups -OCH3 is 2. The van der Waals surface area contributed by atoms with Crippen LogP contribution in [-0.4, -0.2) is 38.1 Å². The molecule has 28 heavy (non-hydrogen) atoms. The molecule has 148 valence electrons. The van der Waals surface area contributed by atoms with Gasteiger partial charge >= 0.3 is 0 Å². The lowest BCUT2D eigenvalue weighted by atomic mass is 10.1. The molecule has 0 bridgehead atoms. The first-order valence-electron chi connectivity index (χ1n) is 9.54. The summed E-state index contributed by atoms with van der Waals surface area (Å²) >= 11 is 0. The quantitative estimate of drug-likeness (QED) is 0.799. The van der Waals surface area contributed by atoms with E-state index in [1.54, 1.807) is 14.2 Å². The summed E-state index contributed by atoms with van der Waals surface area (Å²) in [6.07, 6.45) is 2.81. The molecule has 5 nitrogen and oxygen atoms in total. The number of nitrogens with one attached hydrogen (secondary N) is 1. The fraction of sp³-hybridized carbons (Fsp3) is 0.348. The van der Waals surface area contributed by atoms with Crippen molar-refractivity contribution < 1.29 is 14.3 Å². The lowest BCUT2D eigenvalue weighted by Crippen LogP contribution is -2.33. The zero-order valence-electron chi connectivity index (χ0n) is 16.8. The molecule has 5 heteroatoms. The summed E-state index contributed by atoms with van der Waals surface area (Å²) in [4.78, 5) is 14.9. The van der Waals surface area contributed by atoms with Gasteiger partial charge in [-0.05, 0) is 36.6 Å². The Morgan fingerprint density at radius 1 is 1.07 bits per heavy atom. The number of ether oxygens (including phenoxy) is 2. The third-order valence-electron chi connectivity index (χ3n) is 4.94. The van der Waals surface area contributed by atoms with Gasteiger partial charge in [-0.2, -0.15) is 0 Å². The summed E-state index contributed by atoms with van der Waals surface area (Å²) in [6.45, 7) is 5.15. The van der Waals surface area contributed by atoms with Crippen molar-refractivity contribution in [2.24, 2.45) is 0 Å². The first kappa shape index (κ1) is 20.0. The van der Waals surface area contributed by atoms with E-state index < -0.39 is 0 Å². The largest absolute Gasteiger partial charge is 0.497 e. The summed E-state index contributed by atoms with van der Waals surface area (Å²) in [6, 6.07) is 14.2. The Morgan fingerprint density at radius 2 is 1.82 bits per heavy atom. The standard InChI is InChI=1S/C23H28N2O3/c1-17-5-4-6-18(11-17)16-25-9-7-20(8-10-25)23(26)24-15-19-12-21(27-2)14-22(13-19)28-3/h4-7,11-14H,8-10,15-16H2,1-3H3,(H,24,26). The number of aryl methyl sites for hydroxylation is 1. The van der Waals surface area contributed by atoms with Crippen molar-refractivity contribution in [2.75, 3.05) is 27.3 Å². The first-order valence-corrected chi connectivity index (χ1v) is 9.54. The van der Waals surface area contributed by atoms with Crippen molar-refractivity contribution in [3.8, 4) is 11.5 Å². The van der Waals surface area contributed by atoms with E-state index in [4.69, 9.17) is 9.47 Å². The van der Waals surface area contributed by atoms with Crippen molar-refractivity contribution >= 4 is 5.91 Å². The first-order chi connectivity index (χ1) is 13.6. The molecule has 0 spiro atoms. The van der Waals surface area contributed by atoms with Gasteiger partial charge in [-0.15, -0.1) is 0 Å². The Labute approximate surface area is 167 Å². The van der Waals surface area contributed by atoms with Crippen molar-refractivity contribution in [1.82, 2.24) is 10.2 Å². The summed E-state index contributed by atoms with van der Waals surface area (Å²) < 4.78 is 10.6. The second-order valence-electron chi connectivity index (χ2n) is 7.11. The molecule has 0 unspecified atom stereocenters. The van der Waals surface area contributed by atoms with Crippen LogP contribution in [0.5, 0.6) is 11.5 Å². The van der Waals surface area contributed by atoms with Gasteiger partial charge in [0.05, 0.1) is 14.2 Å². The average molecular weight is 380 g/mol. The molecule has 0 saturated carbocycles. The zero-order valence-corrected chi connectivity index (χ0v) is 16.8. The monoisotopic (exact) mass is 380 g/mol. The van der Waals surface area contributed by atoms with Crippen LogP contribution in [0.15, 0.2) is 54.1 Å². The normalized spacial score (nSPS) is 14.3. The van der Waals surface area contributed by atoms with E-state index in [0.717, 1.165) is 37.2 Å². The molecule has 0 fully saturated rings.